The maximum absolute atomic E-state index is 15.5. The molecule has 0 radical (unpaired) electrons. The van der Waals surface area contributed by atoms with E-state index in [0.717, 1.165) is 13.8 Å². The van der Waals surface area contributed by atoms with Crippen LogP contribution < -0.4 is 5.32 Å². The number of aliphatic hydroxyl groups excluding tert-OH is 2. The van der Waals surface area contributed by atoms with Gasteiger partial charge in [-0.2, -0.15) is 0 Å². The molecule has 3 aliphatic carbocycles. The average molecular weight is 854 g/mol. The van der Waals surface area contributed by atoms with E-state index < -0.39 is 113 Å². The number of rotatable bonds is 10. The summed E-state index contributed by atoms with van der Waals surface area (Å²) in [5.41, 5.74) is -5.94. The molecule has 0 unspecified atom stereocenters. The quantitative estimate of drug-likeness (QED) is 0.0983. The molecule has 15 heteroatoms. The number of esters is 4. The minimum atomic E-state index is -2.85. The lowest BCUT2D eigenvalue weighted by atomic mass is 9.44. The van der Waals surface area contributed by atoms with Gasteiger partial charge in [0.05, 0.1) is 41.8 Å². The van der Waals surface area contributed by atoms with Crippen LogP contribution in [0.2, 0.25) is 0 Å². The standard InChI is InChI=1S/C47H51NO14/c1-25-33(60-43(56)37(52)36(28-16-10-7-11-17-28)48-41(54)29-18-12-8-13-19-29)23-46(57)44(4,5)35(25)38(59-26(2)49)40(53)45(6)34(51)22-32-31(24-58-32)39(45)47(46,61-27(3)50)62-42(55)30-20-14-9-15-21-30/h7-21,31-34,36-39,51-52,57H,22-24H2,1-6H3,(H,48,54)/t31-,32-,33+,34+,36+,37-,38-,39-,45-,46-,47+/m1/s1. The number of aliphatic hydroxyl groups is 3. The van der Waals surface area contributed by atoms with Crippen molar-refractivity contribution in [1.82, 2.24) is 5.32 Å². The number of fused-ring (bicyclic) bond motifs is 5. The Bertz CT molecular complexity index is 2280. The second-order valence-electron chi connectivity index (χ2n) is 17.3. The van der Waals surface area contributed by atoms with Crippen LogP contribution in [0.4, 0.5) is 0 Å². The second-order valence-corrected chi connectivity index (χ2v) is 17.3. The van der Waals surface area contributed by atoms with E-state index in [0.29, 0.717) is 5.56 Å². The van der Waals surface area contributed by atoms with Crippen molar-refractivity contribution >= 4 is 35.6 Å². The molecule has 1 saturated heterocycles. The van der Waals surface area contributed by atoms with Crippen molar-refractivity contribution in [3.63, 3.8) is 0 Å². The van der Waals surface area contributed by atoms with Gasteiger partial charge in [0, 0.05) is 43.6 Å². The first-order valence-corrected chi connectivity index (χ1v) is 20.5. The Balaban J connectivity index is 1.42. The van der Waals surface area contributed by atoms with Gasteiger partial charge in [0.15, 0.2) is 23.6 Å². The summed E-state index contributed by atoms with van der Waals surface area (Å²) in [6.07, 6.45) is -8.54. The van der Waals surface area contributed by atoms with E-state index in [9.17, 15) is 39.3 Å². The average Bonchev–Trinajstić information content (AvgIpc) is 3.23. The highest BCUT2D eigenvalue weighted by Gasteiger charge is 2.80. The summed E-state index contributed by atoms with van der Waals surface area (Å²) in [5, 5.41) is 40.5. The second kappa shape index (κ2) is 16.5. The van der Waals surface area contributed by atoms with Crippen molar-refractivity contribution < 1.29 is 67.8 Å². The summed E-state index contributed by atoms with van der Waals surface area (Å²) in [7, 11) is 0. The van der Waals surface area contributed by atoms with Crippen LogP contribution in [0.5, 0.6) is 0 Å². The highest BCUT2D eigenvalue weighted by atomic mass is 16.7. The Hall–Kier alpha value is -5.74. The molecule has 3 aromatic rings. The first-order chi connectivity index (χ1) is 29.3. The molecule has 4 N–H and O–H groups in total. The molecule has 0 aromatic heterocycles. The van der Waals surface area contributed by atoms with E-state index in [2.05, 4.69) is 5.32 Å². The summed E-state index contributed by atoms with van der Waals surface area (Å²) in [5.74, 6) is -10.9. The highest BCUT2D eigenvalue weighted by molar-refractivity contribution is 5.96. The molecule has 328 valence electrons. The molecule has 0 spiro atoms. The van der Waals surface area contributed by atoms with E-state index in [-0.39, 0.29) is 35.3 Å². The SMILES string of the molecule is CC(=O)O[C@H]1C(=O)[C@@]2(C)[C@@H]([C@@H]3CO[C@@H]3C[C@@H]2O)[C@](OC(C)=O)(OC(=O)c2ccccc2)[C@@]2(O)C[C@H](OC(=O)[C@H](O)[C@@H](NC(=O)c3ccccc3)c3ccccc3)C(C)=C1C2(C)C. The van der Waals surface area contributed by atoms with Gasteiger partial charge in [0.25, 0.3) is 11.7 Å². The molecule has 3 fully saturated rings. The zero-order chi connectivity index (χ0) is 44.9. The molecule has 1 aliphatic heterocycles. The van der Waals surface area contributed by atoms with Gasteiger partial charge in [-0.3, -0.25) is 19.2 Å². The Morgan fingerprint density at radius 2 is 1.40 bits per heavy atom. The smallest absolute Gasteiger partial charge is 0.341 e. The molecule has 11 atom stereocenters. The Labute approximate surface area is 358 Å². The van der Waals surface area contributed by atoms with Crippen molar-refractivity contribution in [3.8, 4) is 0 Å². The van der Waals surface area contributed by atoms with E-state index in [1.54, 1.807) is 78.9 Å². The normalized spacial score (nSPS) is 31.9. The summed E-state index contributed by atoms with van der Waals surface area (Å²) in [6, 6.07) is 22.7. The topological polar surface area (TPSA) is 221 Å². The van der Waals surface area contributed by atoms with E-state index in [1.165, 1.54) is 39.8 Å². The molecule has 1 amide bonds. The van der Waals surface area contributed by atoms with Crippen molar-refractivity contribution in [3.05, 3.63) is 119 Å². The van der Waals surface area contributed by atoms with Crippen LogP contribution in [0.3, 0.4) is 0 Å². The van der Waals surface area contributed by atoms with Gasteiger partial charge in [0.1, 0.15) is 6.10 Å². The van der Waals surface area contributed by atoms with Crippen LogP contribution in [0.25, 0.3) is 0 Å². The lowest BCUT2D eigenvalue weighted by molar-refractivity contribution is -0.383. The van der Waals surface area contributed by atoms with E-state index >= 15 is 4.79 Å². The predicted molar refractivity (Wildman–Crippen MR) is 217 cm³/mol. The predicted octanol–water partition coefficient (Wildman–Crippen LogP) is 3.94. The maximum atomic E-state index is 15.5. The lowest BCUT2D eigenvalue weighted by Crippen LogP contribution is -2.81. The van der Waals surface area contributed by atoms with Crippen molar-refractivity contribution in [2.75, 3.05) is 6.61 Å². The molecule has 15 nitrogen and oxygen atoms in total. The lowest BCUT2D eigenvalue weighted by Gasteiger charge is -2.67. The van der Waals surface area contributed by atoms with E-state index in [1.807, 2.05) is 0 Å². The maximum Gasteiger partial charge on any atom is 0.341 e. The van der Waals surface area contributed by atoms with Crippen molar-refractivity contribution in [2.24, 2.45) is 22.7 Å². The number of hydrogen-bond acceptors (Lipinski definition) is 14. The molecule has 62 heavy (non-hydrogen) atoms. The third kappa shape index (κ3) is 7.20. The molecular weight excluding hydrogens is 803 g/mol. The first kappa shape index (κ1) is 44.3. The fourth-order valence-corrected chi connectivity index (χ4v) is 10.2. The fraction of sp³-hybridized carbons (Fsp3) is 0.447. The van der Waals surface area contributed by atoms with Crippen LogP contribution in [-0.2, 0) is 42.9 Å². The van der Waals surface area contributed by atoms with Gasteiger partial charge in [-0.15, -0.1) is 0 Å². The molecule has 2 saturated carbocycles. The first-order valence-electron chi connectivity index (χ1n) is 20.5. The molecule has 3 aromatic carbocycles. The number of carbonyl (C=O) groups excluding carboxylic acids is 6. The summed E-state index contributed by atoms with van der Waals surface area (Å²) < 4.78 is 30.5. The van der Waals surface area contributed by atoms with Crippen LogP contribution in [-0.4, -0.2) is 99.4 Å². The third-order valence-corrected chi connectivity index (χ3v) is 13.4. The van der Waals surface area contributed by atoms with Gasteiger partial charge in [0.2, 0.25) is 0 Å². The minimum Gasteiger partial charge on any atom is -0.456 e. The van der Waals surface area contributed by atoms with Gasteiger partial charge >= 0.3 is 23.9 Å². The van der Waals surface area contributed by atoms with Crippen LogP contribution in [0, 0.1) is 22.7 Å². The Kier molecular flexibility index (Phi) is 11.8. The van der Waals surface area contributed by atoms with Crippen LogP contribution in [0.15, 0.2) is 102 Å². The zero-order valence-electron chi connectivity index (χ0n) is 35.2. The summed E-state index contributed by atoms with van der Waals surface area (Å²) >= 11 is 0. The van der Waals surface area contributed by atoms with Crippen molar-refractivity contribution in [2.45, 2.75) is 102 Å². The highest BCUT2D eigenvalue weighted by Crippen LogP contribution is 2.66. The monoisotopic (exact) mass is 853 g/mol. The number of amides is 1. The molecule has 4 aliphatic rings. The molecule has 7 rings (SSSR count). The Morgan fingerprint density at radius 3 is 1.95 bits per heavy atom. The van der Waals surface area contributed by atoms with Crippen LogP contribution in [0.1, 0.15) is 86.7 Å². The van der Waals surface area contributed by atoms with Gasteiger partial charge in [-0.25, -0.2) is 9.59 Å². The summed E-state index contributed by atoms with van der Waals surface area (Å²) in [4.78, 5) is 84.3. The number of ketones is 1. The fourth-order valence-electron chi connectivity index (χ4n) is 10.2. The number of nitrogens with one attached hydrogen (secondary N) is 1. The largest absolute Gasteiger partial charge is 0.456 e. The third-order valence-electron chi connectivity index (χ3n) is 13.4. The number of ether oxygens (including phenoxy) is 5. The Morgan fingerprint density at radius 1 is 0.823 bits per heavy atom. The summed E-state index contributed by atoms with van der Waals surface area (Å²) in [6.45, 7) is 7.95. The number of carbonyl (C=O) groups is 6. The molecule has 1 heterocycles. The molecule has 2 bridgehead atoms. The number of Topliss-reactive ketones (excluding diaryl/α,β-unsaturated/α-hetero) is 1. The number of benzene rings is 3. The minimum absolute atomic E-state index is 0.00978. The van der Waals surface area contributed by atoms with Crippen molar-refractivity contribution in [1.29, 1.82) is 0 Å². The zero-order valence-corrected chi connectivity index (χ0v) is 35.2. The van der Waals surface area contributed by atoms with Gasteiger partial charge < -0.3 is 44.3 Å². The van der Waals surface area contributed by atoms with Crippen LogP contribution >= 0.6 is 0 Å². The van der Waals surface area contributed by atoms with Gasteiger partial charge in [-0.05, 0) is 54.8 Å². The molecular formula is C47H51NO14. The number of hydrogen-bond donors (Lipinski definition) is 4. The van der Waals surface area contributed by atoms with Gasteiger partial charge in [-0.1, -0.05) is 80.6 Å². The van der Waals surface area contributed by atoms with E-state index in [4.69, 9.17) is 23.7 Å².